The lowest BCUT2D eigenvalue weighted by Gasteiger charge is -2.17. The van der Waals surface area contributed by atoms with Crippen LogP contribution in [0.5, 0.6) is 0 Å². The Balaban J connectivity index is 1.44. The summed E-state index contributed by atoms with van der Waals surface area (Å²) in [7, 11) is 0. The summed E-state index contributed by atoms with van der Waals surface area (Å²) in [6.45, 7) is 0. The van der Waals surface area contributed by atoms with Crippen molar-refractivity contribution in [1.82, 2.24) is 10.2 Å². The molecular formula is C20H21N3O2. The topological polar surface area (TPSA) is 68.0 Å². The second-order valence-corrected chi connectivity index (χ2v) is 6.64. The van der Waals surface area contributed by atoms with Gasteiger partial charge in [0.25, 0.3) is 0 Å². The summed E-state index contributed by atoms with van der Waals surface area (Å²) in [5.74, 6) is 0.848. The number of carbonyl (C=O) groups excluding carboxylic acids is 1. The van der Waals surface area contributed by atoms with Crippen molar-refractivity contribution in [3.63, 3.8) is 0 Å². The Morgan fingerprint density at radius 1 is 1.04 bits per heavy atom. The Labute approximate surface area is 146 Å². The highest BCUT2D eigenvalue weighted by molar-refractivity contribution is 5.95. The first-order chi connectivity index (χ1) is 12.3. The third-order valence-electron chi connectivity index (χ3n) is 4.87. The molecule has 128 valence electrons. The molecule has 4 rings (SSSR count). The standard InChI is InChI=1S/C20H21N3O2/c24-18(13-16-11-6-10-14-7-4-5-12-17(14)16)21-20-23-22-19(25-20)15-8-2-1-3-9-15/h4-7,10-12,15H,1-3,8-9,13H2,(H,21,23,24). The zero-order chi connectivity index (χ0) is 17.1. The van der Waals surface area contributed by atoms with Crippen LogP contribution in [-0.4, -0.2) is 16.1 Å². The first-order valence-corrected chi connectivity index (χ1v) is 8.89. The van der Waals surface area contributed by atoms with Gasteiger partial charge in [-0.1, -0.05) is 66.8 Å². The molecule has 25 heavy (non-hydrogen) atoms. The molecule has 2 aromatic carbocycles. The van der Waals surface area contributed by atoms with Crippen LogP contribution < -0.4 is 5.32 Å². The van der Waals surface area contributed by atoms with E-state index in [1.807, 2.05) is 42.5 Å². The molecule has 5 nitrogen and oxygen atoms in total. The van der Waals surface area contributed by atoms with Gasteiger partial charge in [0.15, 0.2) is 0 Å². The van der Waals surface area contributed by atoms with Gasteiger partial charge in [0.1, 0.15) is 0 Å². The van der Waals surface area contributed by atoms with Crippen LogP contribution in [0.2, 0.25) is 0 Å². The number of anilines is 1. The molecule has 0 radical (unpaired) electrons. The van der Waals surface area contributed by atoms with Gasteiger partial charge in [-0.15, -0.1) is 5.10 Å². The molecule has 1 aromatic heterocycles. The number of rotatable bonds is 4. The summed E-state index contributed by atoms with van der Waals surface area (Å²) in [5.41, 5.74) is 0.989. The summed E-state index contributed by atoms with van der Waals surface area (Å²) in [5, 5.41) is 13.1. The number of aromatic nitrogens is 2. The fourth-order valence-corrected chi connectivity index (χ4v) is 3.58. The van der Waals surface area contributed by atoms with E-state index in [1.165, 1.54) is 19.3 Å². The van der Waals surface area contributed by atoms with Crippen LogP contribution in [0.4, 0.5) is 6.01 Å². The summed E-state index contributed by atoms with van der Waals surface area (Å²) in [4.78, 5) is 12.4. The Morgan fingerprint density at radius 3 is 2.72 bits per heavy atom. The number of benzene rings is 2. The van der Waals surface area contributed by atoms with Crippen LogP contribution in [0.25, 0.3) is 10.8 Å². The molecule has 1 saturated carbocycles. The van der Waals surface area contributed by atoms with Gasteiger partial charge in [-0.2, -0.15) is 0 Å². The molecule has 0 saturated heterocycles. The minimum absolute atomic E-state index is 0.143. The monoisotopic (exact) mass is 335 g/mol. The van der Waals surface area contributed by atoms with Crippen molar-refractivity contribution in [1.29, 1.82) is 0 Å². The van der Waals surface area contributed by atoms with Crippen molar-refractivity contribution < 1.29 is 9.21 Å². The van der Waals surface area contributed by atoms with Gasteiger partial charge in [0, 0.05) is 5.92 Å². The quantitative estimate of drug-likeness (QED) is 0.765. The Kier molecular flexibility index (Phi) is 4.46. The van der Waals surface area contributed by atoms with E-state index in [1.54, 1.807) is 0 Å². The van der Waals surface area contributed by atoms with E-state index < -0.39 is 0 Å². The molecule has 1 N–H and O–H groups in total. The average molecular weight is 335 g/mol. The lowest BCUT2D eigenvalue weighted by Crippen LogP contribution is -2.14. The third kappa shape index (κ3) is 3.55. The smallest absolute Gasteiger partial charge is 0.322 e. The van der Waals surface area contributed by atoms with Gasteiger partial charge in [0.2, 0.25) is 11.8 Å². The van der Waals surface area contributed by atoms with Crippen LogP contribution in [-0.2, 0) is 11.2 Å². The van der Waals surface area contributed by atoms with Gasteiger partial charge in [-0.3, -0.25) is 10.1 Å². The predicted molar refractivity (Wildman–Crippen MR) is 96.4 cm³/mol. The normalized spacial score (nSPS) is 15.4. The van der Waals surface area contributed by atoms with Crippen LogP contribution >= 0.6 is 0 Å². The molecule has 1 amide bonds. The van der Waals surface area contributed by atoms with E-state index in [0.29, 0.717) is 11.8 Å². The second-order valence-electron chi connectivity index (χ2n) is 6.64. The second kappa shape index (κ2) is 7.05. The number of fused-ring (bicyclic) bond motifs is 1. The maximum absolute atomic E-state index is 12.4. The van der Waals surface area contributed by atoms with E-state index in [2.05, 4.69) is 15.5 Å². The average Bonchev–Trinajstić information content (AvgIpc) is 3.11. The van der Waals surface area contributed by atoms with Crippen molar-refractivity contribution in [2.75, 3.05) is 5.32 Å². The molecule has 0 unspecified atom stereocenters. The first kappa shape index (κ1) is 15.8. The van der Waals surface area contributed by atoms with E-state index in [9.17, 15) is 4.79 Å². The van der Waals surface area contributed by atoms with Gasteiger partial charge < -0.3 is 4.42 Å². The number of hydrogen-bond donors (Lipinski definition) is 1. The highest BCUT2D eigenvalue weighted by atomic mass is 16.4. The molecule has 1 aliphatic carbocycles. The molecule has 1 fully saturated rings. The molecule has 0 aliphatic heterocycles. The molecular weight excluding hydrogens is 314 g/mol. The van der Waals surface area contributed by atoms with Crippen molar-refractivity contribution >= 4 is 22.7 Å². The van der Waals surface area contributed by atoms with Crippen LogP contribution in [0.15, 0.2) is 46.9 Å². The maximum atomic E-state index is 12.4. The SMILES string of the molecule is O=C(Cc1cccc2ccccc12)Nc1nnc(C2CCCCC2)o1. The Morgan fingerprint density at radius 2 is 1.84 bits per heavy atom. The van der Waals surface area contributed by atoms with Crippen LogP contribution in [0, 0.1) is 0 Å². The highest BCUT2D eigenvalue weighted by Gasteiger charge is 2.21. The molecule has 1 heterocycles. The Bertz CT molecular complexity index is 876. The maximum Gasteiger partial charge on any atom is 0.322 e. The molecule has 3 aromatic rings. The van der Waals surface area contributed by atoms with Crippen molar-refractivity contribution in [3.8, 4) is 0 Å². The highest BCUT2D eigenvalue weighted by Crippen LogP contribution is 2.32. The Hall–Kier alpha value is -2.69. The number of nitrogens with zero attached hydrogens (tertiary/aromatic N) is 2. The zero-order valence-corrected chi connectivity index (χ0v) is 14.1. The van der Waals surface area contributed by atoms with E-state index in [0.717, 1.165) is 29.2 Å². The third-order valence-corrected chi connectivity index (χ3v) is 4.87. The molecule has 5 heteroatoms. The minimum Gasteiger partial charge on any atom is -0.408 e. The first-order valence-electron chi connectivity index (χ1n) is 8.89. The largest absolute Gasteiger partial charge is 0.408 e. The summed E-state index contributed by atoms with van der Waals surface area (Å²) in [6, 6.07) is 14.3. The molecule has 0 spiro atoms. The fourth-order valence-electron chi connectivity index (χ4n) is 3.58. The van der Waals surface area contributed by atoms with Gasteiger partial charge in [-0.05, 0) is 29.2 Å². The number of amides is 1. The predicted octanol–water partition coefficient (Wildman–Crippen LogP) is 4.45. The zero-order valence-electron chi connectivity index (χ0n) is 14.1. The summed E-state index contributed by atoms with van der Waals surface area (Å²) >= 11 is 0. The van der Waals surface area contributed by atoms with Gasteiger partial charge >= 0.3 is 6.01 Å². The molecule has 0 bridgehead atoms. The van der Waals surface area contributed by atoms with Gasteiger partial charge in [0.05, 0.1) is 6.42 Å². The fraction of sp³-hybridized carbons (Fsp3) is 0.350. The lowest BCUT2D eigenvalue weighted by molar-refractivity contribution is -0.115. The number of nitrogens with one attached hydrogen (secondary N) is 1. The minimum atomic E-state index is -0.143. The van der Waals surface area contributed by atoms with E-state index in [-0.39, 0.29) is 18.3 Å². The van der Waals surface area contributed by atoms with Crippen LogP contribution in [0.3, 0.4) is 0 Å². The van der Waals surface area contributed by atoms with E-state index in [4.69, 9.17) is 4.42 Å². The van der Waals surface area contributed by atoms with Crippen molar-refractivity contribution in [2.24, 2.45) is 0 Å². The number of hydrogen-bond acceptors (Lipinski definition) is 4. The van der Waals surface area contributed by atoms with E-state index >= 15 is 0 Å². The van der Waals surface area contributed by atoms with Crippen molar-refractivity contribution in [2.45, 2.75) is 44.4 Å². The van der Waals surface area contributed by atoms with Gasteiger partial charge in [-0.25, -0.2) is 0 Å². The summed E-state index contributed by atoms with van der Waals surface area (Å²) in [6.07, 6.45) is 6.14. The number of carbonyl (C=O) groups is 1. The summed E-state index contributed by atoms with van der Waals surface area (Å²) < 4.78 is 5.66. The van der Waals surface area contributed by atoms with Crippen molar-refractivity contribution in [3.05, 3.63) is 53.9 Å². The van der Waals surface area contributed by atoms with Crippen LogP contribution in [0.1, 0.15) is 49.5 Å². The molecule has 1 aliphatic rings. The lowest BCUT2D eigenvalue weighted by atomic mass is 9.89. The molecule has 0 atom stereocenters.